The van der Waals surface area contributed by atoms with E-state index in [4.69, 9.17) is 9.73 Å². The Labute approximate surface area is 188 Å². The molecule has 166 valence electrons. The first-order valence-electron chi connectivity index (χ1n) is 11.8. The zero-order chi connectivity index (χ0) is 22.1. The van der Waals surface area contributed by atoms with Crippen molar-refractivity contribution >= 4 is 17.3 Å². The smallest absolute Gasteiger partial charge is 0.144 e. The fourth-order valence-electron chi connectivity index (χ4n) is 4.94. The number of H-pyrrole nitrogens is 2. The van der Waals surface area contributed by atoms with Gasteiger partial charge in [-0.2, -0.15) is 0 Å². The summed E-state index contributed by atoms with van der Waals surface area (Å²) in [6, 6.07) is 13.4. The quantitative estimate of drug-likeness (QED) is 0.564. The summed E-state index contributed by atoms with van der Waals surface area (Å²) in [6.07, 6.45) is 6.85. The molecule has 0 aliphatic carbocycles. The van der Waals surface area contributed by atoms with Gasteiger partial charge < -0.3 is 20.0 Å². The molecular weight excluding hydrogens is 396 g/mol. The zero-order valence-corrected chi connectivity index (χ0v) is 19.2. The van der Waals surface area contributed by atoms with E-state index in [-0.39, 0.29) is 0 Å². The molecule has 1 atom stereocenters. The SMILES string of the molecule is CCOc1cc(=C2N=c3ccccc3=C2CCC2CCCN2)[nH]/c1=C\c1[nH]c(C)cc1C. The van der Waals surface area contributed by atoms with Crippen LogP contribution in [0.25, 0.3) is 17.3 Å². The van der Waals surface area contributed by atoms with Crippen LogP contribution >= 0.6 is 0 Å². The van der Waals surface area contributed by atoms with Gasteiger partial charge in [-0.1, -0.05) is 18.2 Å². The van der Waals surface area contributed by atoms with Gasteiger partial charge in [-0.25, -0.2) is 4.99 Å². The third-order valence-electron chi connectivity index (χ3n) is 6.50. The largest absolute Gasteiger partial charge is 0.492 e. The average molecular weight is 429 g/mol. The van der Waals surface area contributed by atoms with Crippen molar-refractivity contribution < 1.29 is 4.74 Å². The maximum absolute atomic E-state index is 6.00. The van der Waals surface area contributed by atoms with E-state index in [0.717, 1.165) is 58.3 Å². The maximum atomic E-state index is 6.00. The molecule has 5 rings (SSSR count). The van der Waals surface area contributed by atoms with Crippen molar-refractivity contribution in [1.29, 1.82) is 0 Å². The minimum absolute atomic E-state index is 0.613. The van der Waals surface area contributed by atoms with E-state index < -0.39 is 0 Å². The zero-order valence-electron chi connectivity index (χ0n) is 19.2. The van der Waals surface area contributed by atoms with Crippen molar-refractivity contribution in [3.05, 3.63) is 74.6 Å². The number of nitrogens with one attached hydrogen (secondary N) is 3. The summed E-state index contributed by atoms with van der Waals surface area (Å²) in [7, 11) is 0. The van der Waals surface area contributed by atoms with E-state index in [1.54, 1.807) is 0 Å². The Kier molecular flexibility index (Phi) is 5.75. The number of nitrogens with zero attached hydrogens (tertiary/aromatic N) is 1. The molecule has 2 aliphatic rings. The molecule has 0 amide bonds. The number of aromatic amines is 2. The molecule has 3 N–H and O–H groups in total. The Morgan fingerprint density at radius 2 is 2.03 bits per heavy atom. The molecule has 0 radical (unpaired) electrons. The second-order valence-electron chi connectivity index (χ2n) is 8.88. The summed E-state index contributed by atoms with van der Waals surface area (Å²) >= 11 is 0. The average Bonchev–Trinajstić information content (AvgIpc) is 3.55. The second kappa shape index (κ2) is 8.83. The fourth-order valence-corrected chi connectivity index (χ4v) is 4.94. The topological polar surface area (TPSA) is 65.2 Å². The van der Waals surface area contributed by atoms with Gasteiger partial charge in [0.15, 0.2) is 0 Å². The predicted molar refractivity (Wildman–Crippen MR) is 129 cm³/mol. The van der Waals surface area contributed by atoms with Crippen LogP contribution < -0.4 is 31.3 Å². The summed E-state index contributed by atoms with van der Waals surface area (Å²) in [5.74, 6) is 0.865. The molecule has 0 bridgehead atoms. The van der Waals surface area contributed by atoms with Gasteiger partial charge in [0.2, 0.25) is 0 Å². The summed E-state index contributed by atoms with van der Waals surface area (Å²) < 4.78 is 6.00. The Hall–Kier alpha value is -3.05. The van der Waals surface area contributed by atoms with Crippen LogP contribution in [-0.2, 0) is 0 Å². The Balaban J connectivity index is 1.64. The van der Waals surface area contributed by atoms with Crippen molar-refractivity contribution in [1.82, 2.24) is 15.3 Å². The van der Waals surface area contributed by atoms with Gasteiger partial charge in [-0.3, -0.25) is 0 Å². The van der Waals surface area contributed by atoms with Crippen molar-refractivity contribution in [2.24, 2.45) is 4.99 Å². The molecule has 2 aliphatic heterocycles. The first-order chi connectivity index (χ1) is 15.6. The number of hydrogen-bond donors (Lipinski definition) is 3. The highest BCUT2D eigenvalue weighted by molar-refractivity contribution is 5.88. The number of benzene rings is 1. The number of hydrogen-bond acceptors (Lipinski definition) is 3. The molecule has 1 saturated heterocycles. The Morgan fingerprint density at radius 1 is 1.16 bits per heavy atom. The Bertz CT molecular complexity index is 1370. The van der Waals surface area contributed by atoms with Gasteiger partial charge in [0.1, 0.15) is 5.75 Å². The van der Waals surface area contributed by atoms with Crippen LogP contribution in [0.2, 0.25) is 0 Å². The van der Waals surface area contributed by atoms with Crippen molar-refractivity contribution in [2.75, 3.05) is 13.2 Å². The summed E-state index contributed by atoms with van der Waals surface area (Å²) in [4.78, 5) is 12.1. The lowest BCUT2D eigenvalue weighted by molar-refractivity contribution is 0.338. The lowest BCUT2D eigenvalue weighted by Crippen LogP contribution is -2.24. The van der Waals surface area contributed by atoms with Gasteiger partial charge >= 0.3 is 0 Å². The highest BCUT2D eigenvalue weighted by atomic mass is 16.5. The third kappa shape index (κ3) is 4.05. The summed E-state index contributed by atoms with van der Waals surface area (Å²) in [6.45, 7) is 7.99. The van der Waals surface area contributed by atoms with E-state index >= 15 is 0 Å². The maximum Gasteiger partial charge on any atom is 0.144 e. The van der Waals surface area contributed by atoms with Crippen LogP contribution in [0.1, 0.15) is 49.6 Å². The van der Waals surface area contributed by atoms with Crippen molar-refractivity contribution in [3.63, 3.8) is 0 Å². The van der Waals surface area contributed by atoms with E-state index in [0.29, 0.717) is 12.6 Å². The molecule has 4 heterocycles. The molecule has 1 unspecified atom stereocenters. The molecule has 3 aromatic rings. The summed E-state index contributed by atoms with van der Waals surface area (Å²) in [5, 5.41) is 7.95. The van der Waals surface area contributed by atoms with Crippen molar-refractivity contribution in [2.45, 2.75) is 52.5 Å². The number of fused-ring (bicyclic) bond motifs is 1. The lowest BCUT2D eigenvalue weighted by atomic mass is 10.0. The van der Waals surface area contributed by atoms with E-state index in [2.05, 4.69) is 71.6 Å². The van der Waals surface area contributed by atoms with Gasteiger partial charge in [0, 0.05) is 28.7 Å². The number of aryl methyl sites for hydroxylation is 2. The van der Waals surface area contributed by atoms with E-state index in [1.165, 1.54) is 29.2 Å². The van der Waals surface area contributed by atoms with Crippen LogP contribution in [0.3, 0.4) is 0 Å². The van der Waals surface area contributed by atoms with Crippen LogP contribution in [0.15, 0.2) is 41.4 Å². The minimum atomic E-state index is 0.613. The minimum Gasteiger partial charge on any atom is -0.492 e. The first kappa shape index (κ1) is 20.8. The van der Waals surface area contributed by atoms with Gasteiger partial charge in [-0.05, 0) is 82.3 Å². The molecular formula is C27H32N4O. The lowest BCUT2D eigenvalue weighted by Gasteiger charge is -2.11. The second-order valence-corrected chi connectivity index (χ2v) is 8.88. The number of para-hydroxylation sites is 1. The fraction of sp³-hybridized carbons (Fsp3) is 0.370. The molecule has 32 heavy (non-hydrogen) atoms. The van der Waals surface area contributed by atoms with Gasteiger partial charge in [0.05, 0.1) is 28.4 Å². The molecule has 1 fully saturated rings. The van der Waals surface area contributed by atoms with Crippen LogP contribution in [0, 0.1) is 13.8 Å². The van der Waals surface area contributed by atoms with Crippen LogP contribution in [-0.4, -0.2) is 29.2 Å². The summed E-state index contributed by atoms with van der Waals surface area (Å²) in [5.41, 5.74) is 5.86. The van der Waals surface area contributed by atoms with Gasteiger partial charge in [-0.15, -0.1) is 0 Å². The molecule has 2 aromatic heterocycles. The molecule has 0 saturated carbocycles. The highest BCUT2D eigenvalue weighted by Crippen LogP contribution is 2.23. The predicted octanol–water partition coefficient (Wildman–Crippen LogP) is 2.31. The number of aromatic nitrogens is 2. The number of ether oxygens (including phenoxy) is 1. The van der Waals surface area contributed by atoms with E-state index in [9.17, 15) is 0 Å². The third-order valence-corrected chi connectivity index (χ3v) is 6.50. The molecule has 5 nitrogen and oxygen atoms in total. The molecule has 1 aromatic carbocycles. The van der Waals surface area contributed by atoms with Gasteiger partial charge in [0.25, 0.3) is 0 Å². The molecule has 0 spiro atoms. The normalized spacial score (nSPS) is 20.0. The van der Waals surface area contributed by atoms with Crippen LogP contribution in [0.4, 0.5) is 0 Å². The first-order valence-corrected chi connectivity index (χ1v) is 11.8. The molecule has 5 heteroatoms. The van der Waals surface area contributed by atoms with E-state index in [1.807, 2.05) is 6.92 Å². The van der Waals surface area contributed by atoms with Crippen LogP contribution in [0.5, 0.6) is 5.75 Å². The van der Waals surface area contributed by atoms with Crippen molar-refractivity contribution in [3.8, 4) is 5.75 Å². The monoisotopic (exact) mass is 428 g/mol. The number of rotatable bonds is 6. The Morgan fingerprint density at radius 3 is 2.78 bits per heavy atom. The highest BCUT2D eigenvalue weighted by Gasteiger charge is 2.19. The standard InChI is InChI=1S/C27H32N4O/c1-4-32-26-16-25(30-24(26)15-23-17(2)14-18(3)29-23)27-21(12-11-19-8-7-13-28-19)20-9-5-6-10-22(20)31-27/h5-6,9-10,14-16,19,28-30H,4,7-8,11-13H2,1-3H3/b24-15-,27-25?.